The lowest BCUT2D eigenvalue weighted by Crippen LogP contribution is -2.57. The molecule has 3 N–H and O–H groups in total. The number of hydrogen-bond donors (Lipinski definition) is 3. The number of ether oxygens (including phenoxy) is 1. The summed E-state index contributed by atoms with van der Waals surface area (Å²) in [6, 6.07) is 7.13. The maximum Gasteiger partial charge on any atom is 0.239 e. The first-order chi connectivity index (χ1) is 9.20. The average Bonchev–Trinajstić information content (AvgIpc) is 2.45. The number of carbonyl (C=O) groups excluding carboxylic acids is 2. The largest absolute Gasteiger partial charge is 0.496 e. The Labute approximate surface area is 111 Å². The quantitative estimate of drug-likeness (QED) is 0.678. The lowest BCUT2D eigenvalue weighted by atomic mass is 10.2. The Bertz CT molecular complexity index is 466. The molecule has 0 saturated carbocycles. The third-order valence-corrected chi connectivity index (χ3v) is 2.97. The summed E-state index contributed by atoms with van der Waals surface area (Å²) in [4.78, 5) is 22.9. The van der Waals surface area contributed by atoms with Crippen molar-refractivity contribution in [3.8, 4) is 5.75 Å². The molecule has 2 amide bonds. The highest BCUT2D eigenvalue weighted by Gasteiger charge is 2.23. The Morgan fingerprint density at radius 3 is 2.95 bits per heavy atom. The van der Waals surface area contributed by atoms with E-state index in [1.165, 1.54) is 0 Å². The van der Waals surface area contributed by atoms with Crippen LogP contribution in [-0.2, 0) is 16.1 Å². The highest BCUT2D eigenvalue weighted by molar-refractivity contribution is 5.86. The van der Waals surface area contributed by atoms with Gasteiger partial charge in [-0.1, -0.05) is 18.2 Å². The van der Waals surface area contributed by atoms with Gasteiger partial charge < -0.3 is 15.4 Å². The number of piperazine rings is 1. The molecule has 1 aliphatic heterocycles. The summed E-state index contributed by atoms with van der Waals surface area (Å²) < 4.78 is 5.21. The van der Waals surface area contributed by atoms with Gasteiger partial charge in [0.25, 0.3) is 0 Å². The first-order valence-electron chi connectivity index (χ1n) is 6.10. The summed E-state index contributed by atoms with van der Waals surface area (Å²) >= 11 is 0. The van der Waals surface area contributed by atoms with Gasteiger partial charge >= 0.3 is 0 Å². The lowest BCUT2D eigenvalue weighted by Gasteiger charge is -2.23. The van der Waals surface area contributed by atoms with E-state index in [1.807, 2.05) is 24.3 Å². The number of rotatable bonds is 4. The van der Waals surface area contributed by atoms with E-state index in [0.29, 0.717) is 13.1 Å². The van der Waals surface area contributed by atoms with Gasteiger partial charge in [-0.3, -0.25) is 14.9 Å². The van der Waals surface area contributed by atoms with Gasteiger partial charge in [-0.15, -0.1) is 0 Å². The highest BCUT2D eigenvalue weighted by atomic mass is 16.5. The van der Waals surface area contributed by atoms with Crippen LogP contribution in [0.4, 0.5) is 0 Å². The molecule has 1 aromatic carbocycles. The first-order valence-corrected chi connectivity index (χ1v) is 6.10. The van der Waals surface area contributed by atoms with Crippen LogP contribution in [-0.4, -0.2) is 38.1 Å². The summed E-state index contributed by atoms with van der Waals surface area (Å²) in [6.45, 7) is 0.887. The Kier molecular flexibility index (Phi) is 4.35. The van der Waals surface area contributed by atoms with Crippen molar-refractivity contribution in [1.82, 2.24) is 16.0 Å². The van der Waals surface area contributed by atoms with E-state index >= 15 is 0 Å². The van der Waals surface area contributed by atoms with E-state index in [2.05, 4.69) is 16.0 Å². The molecule has 1 heterocycles. The zero-order valence-electron chi connectivity index (χ0n) is 10.7. The molecule has 1 aliphatic rings. The van der Waals surface area contributed by atoms with Crippen LogP contribution in [0.25, 0.3) is 0 Å². The minimum Gasteiger partial charge on any atom is -0.496 e. The van der Waals surface area contributed by atoms with Crippen LogP contribution in [0, 0.1) is 0 Å². The molecule has 1 fully saturated rings. The van der Waals surface area contributed by atoms with Crippen molar-refractivity contribution >= 4 is 11.8 Å². The molecule has 0 bridgehead atoms. The molecule has 1 aromatic rings. The SMILES string of the molecule is COc1ccccc1CNC(=O)C1CNC(=O)CN1. The zero-order chi connectivity index (χ0) is 13.7. The van der Waals surface area contributed by atoms with Crippen LogP contribution in [0.1, 0.15) is 5.56 Å². The Morgan fingerprint density at radius 2 is 2.26 bits per heavy atom. The predicted octanol–water partition coefficient (Wildman–Crippen LogP) is -0.601. The van der Waals surface area contributed by atoms with E-state index in [1.54, 1.807) is 7.11 Å². The van der Waals surface area contributed by atoms with Gasteiger partial charge in [-0.2, -0.15) is 0 Å². The topological polar surface area (TPSA) is 79.5 Å². The average molecular weight is 263 g/mol. The molecular formula is C13H17N3O3. The highest BCUT2D eigenvalue weighted by Crippen LogP contribution is 2.16. The Morgan fingerprint density at radius 1 is 1.47 bits per heavy atom. The molecule has 1 unspecified atom stereocenters. The predicted molar refractivity (Wildman–Crippen MR) is 69.6 cm³/mol. The van der Waals surface area contributed by atoms with Gasteiger partial charge in [0, 0.05) is 18.7 Å². The van der Waals surface area contributed by atoms with Gasteiger partial charge in [0.15, 0.2) is 0 Å². The van der Waals surface area contributed by atoms with Crippen LogP contribution in [0.5, 0.6) is 5.75 Å². The van der Waals surface area contributed by atoms with Gasteiger partial charge in [-0.25, -0.2) is 0 Å². The van der Waals surface area contributed by atoms with Gasteiger partial charge in [0.05, 0.1) is 13.7 Å². The zero-order valence-corrected chi connectivity index (χ0v) is 10.7. The Hall–Kier alpha value is -2.08. The molecular weight excluding hydrogens is 246 g/mol. The molecule has 6 nitrogen and oxygen atoms in total. The summed E-state index contributed by atoms with van der Waals surface area (Å²) in [5.74, 6) is 0.521. The second-order valence-corrected chi connectivity index (χ2v) is 4.27. The van der Waals surface area contributed by atoms with Crippen LogP contribution < -0.4 is 20.7 Å². The molecule has 102 valence electrons. The number of nitrogens with one attached hydrogen (secondary N) is 3. The Balaban J connectivity index is 1.88. The van der Waals surface area contributed by atoms with E-state index in [4.69, 9.17) is 4.74 Å². The number of methoxy groups -OCH3 is 1. The van der Waals surface area contributed by atoms with Crippen LogP contribution >= 0.6 is 0 Å². The maximum absolute atomic E-state index is 11.9. The van der Waals surface area contributed by atoms with Crippen LogP contribution in [0.3, 0.4) is 0 Å². The standard InChI is InChI=1S/C13H17N3O3/c1-19-11-5-3-2-4-9(11)6-16-13(18)10-7-15-12(17)8-14-10/h2-5,10,14H,6-8H2,1H3,(H,15,17)(H,16,18). The van der Waals surface area contributed by atoms with E-state index in [9.17, 15) is 9.59 Å². The minimum atomic E-state index is -0.382. The fourth-order valence-corrected chi connectivity index (χ4v) is 1.91. The van der Waals surface area contributed by atoms with Gasteiger partial charge in [0.1, 0.15) is 11.8 Å². The third kappa shape index (κ3) is 3.45. The lowest BCUT2D eigenvalue weighted by molar-refractivity contribution is -0.126. The second kappa shape index (κ2) is 6.19. The first kappa shape index (κ1) is 13.4. The molecule has 1 saturated heterocycles. The van der Waals surface area contributed by atoms with Crippen molar-refractivity contribution in [3.63, 3.8) is 0 Å². The maximum atomic E-state index is 11.9. The summed E-state index contributed by atoms with van der Waals surface area (Å²) in [6.07, 6.45) is 0. The fourth-order valence-electron chi connectivity index (χ4n) is 1.91. The van der Waals surface area contributed by atoms with Crippen molar-refractivity contribution in [2.24, 2.45) is 0 Å². The van der Waals surface area contributed by atoms with Crippen molar-refractivity contribution < 1.29 is 14.3 Å². The monoisotopic (exact) mass is 263 g/mol. The van der Waals surface area contributed by atoms with E-state index in [0.717, 1.165) is 11.3 Å². The van der Waals surface area contributed by atoms with Crippen molar-refractivity contribution in [1.29, 1.82) is 0 Å². The molecule has 1 atom stereocenters. The molecule has 6 heteroatoms. The summed E-state index contributed by atoms with van der Waals surface area (Å²) in [7, 11) is 1.60. The van der Waals surface area contributed by atoms with E-state index in [-0.39, 0.29) is 24.4 Å². The summed E-state index contributed by atoms with van der Waals surface area (Å²) in [5, 5.41) is 8.35. The molecule has 19 heavy (non-hydrogen) atoms. The molecule has 0 radical (unpaired) electrons. The van der Waals surface area contributed by atoms with Gasteiger partial charge in [-0.05, 0) is 6.07 Å². The number of amides is 2. The fraction of sp³-hybridized carbons (Fsp3) is 0.385. The smallest absolute Gasteiger partial charge is 0.239 e. The number of hydrogen-bond acceptors (Lipinski definition) is 4. The number of para-hydroxylation sites is 1. The normalized spacial score (nSPS) is 18.6. The van der Waals surface area contributed by atoms with Crippen molar-refractivity contribution in [2.75, 3.05) is 20.2 Å². The van der Waals surface area contributed by atoms with Crippen molar-refractivity contribution in [3.05, 3.63) is 29.8 Å². The number of benzene rings is 1. The van der Waals surface area contributed by atoms with Crippen LogP contribution in [0.15, 0.2) is 24.3 Å². The number of carbonyl (C=O) groups is 2. The van der Waals surface area contributed by atoms with Gasteiger partial charge in [0.2, 0.25) is 11.8 Å². The minimum absolute atomic E-state index is 0.0891. The van der Waals surface area contributed by atoms with Crippen molar-refractivity contribution in [2.45, 2.75) is 12.6 Å². The molecule has 0 aromatic heterocycles. The molecule has 0 spiro atoms. The third-order valence-electron chi connectivity index (χ3n) is 2.97. The molecule has 2 rings (SSSR count). The van der Waals surface area contributed by atoms with E-state index < -0.39 is 0 Å². The summed E-state index contributed by atoms with van der Waals surface area (Å²) in [5.41, 5.74) is 0.915. The molecule has 0 aliphatic carbocycles. The van der Waals surface area contributed by atoms with Crippen LogP contribution in [0.2, 0.25) is 0 Å². The second-order valence-electron chi connectivity index (χ2n) is 4.27.